The second-order valence-electron chi connectivity index (χ2n) is 8.09. The normalized spacial score (nSPS) is 17.9. The van der Waals surface area contributed by atoms with Gasteiger partial charge in [-0.05, 0) is 49.2 Å². The second-order valence-corrected chi connectivity index (χ2v) is 8.09. The standard InChI is InChI=1S/C26H35NO3/c1-3-5-7-11-15-24-25(30-26(24)28)27(20-12-6-4-2)21-16-18-23(19-17-21)29-22-13-9-8-10-14-22/h8-10,13-14,16-19,24-25H,3-7,11-12,15,20H2,1-2H3/t24-,25+/m0/s1. The van der Waals surface area contributed by atoms with E-state index in [4.69, 9.17) is 9.47 Å². The molecule has 1 saturated heterocycles. The molecule has 0 N–H and O–H groups in total. The Morgan fingerprint density at radius 2 is 1.50 bits per heavy atom. The van der Waals surface area contributed by atoms with Gasteiger partial charge in [0.05, 0.1) is 0 Å². The minimum atomic E-state index is -0.142. The fourth-order valence-electron chi connectivity index (χ4n) is 3.93. The molecule has 1 aliphatic heterocycles. The van der Waals surface area contributed by atoms with Gasteiger partial charge in [0.15, 0.2) is 6.23 Å². The molecule has 0 aromatic heterocycles. The van der Waals surface area contributed by atoms with Crippen molar-refractivity contribution in [1.29, 1.82) is 0 Å². The van der Waals surface area contributed by atoms with E-state index >= 15 is 0 Å². The smallest absolute Gasteiger partial charge is 0.316 e. The Kier molecular flexibility index (Phi) is 8.61. The van der Waals surface area contributed by atoms with Crippen LogP contribution in [0.25, 0.3) is 0 Å². The predicted molar refractivity (Wildman–Crippen MR) is 122 cm³/mol. The minimum Gasteiger partial charge on any atom is -0.457 e. The van der Waals surface area contributed by atoms with Gasteiger partial charge in [-0.2, -0.15) is 0 Å². The lowest BCUT2D eigenvalue weighted by Gasteiger charge is -2.43. The molecule has 0 aliphatic carbocycles. The highest BCUT2D eigenvalue weighted by molar-refractivity contribution is 5.80. The average Bonchev–Trinajstić information content (AvgIpc) is 2.77. The average molecular weight is 410 g/mol. The highest BCUT2D eigenvalue weighted by Gasteiger charge is 2.45. The molecule has 30 heavy (non-hydrogen) atoms. The van der Waals surface area contributed by atoms with Gasteiger partial charge in [-0.3, -0.25) is 4.79 Å². The molecule has 0 unspecified atom stereocenters. The van der Waals surface area contributed by atoms with Crippen molar-refractivity contribution in [3.8, 4) is 11.5 Å². The van der Waals surface area contributed by atoms with Crippen molar-refractivity contribution in [1.82, 2.24) is 0 Å². The summed E-state index contributed by atoms with van der Waals surface area (Å²) < 4.78 is 11.6. The predicted octanol–water partition coefficient (Wildman–Crippen LogP) is 6.95. The van der Waals surface area contributed by atoms with Crippen molar-refractivity contribution < 1.29 is 14.3 Å². The molecule has 1 aliphatic rings. The lowest BCUT2D eigenvalue weighted by molar-refractivity contribution is -0.185. The number of unbranched alkanes of at least 4 members (excludes halogenated alkanes) is 5. The lowest BCUT2D eigenvalue weighted by atomic mass is 9.93. The minimum absolute atomic E-state index is 0.0104. The van der Waals surface area contributed by atoms with E-state index in [1.54, 1.807) is 0 Å². The van der Waals surface area contributed by atoms with Gasteiger partial charge in [-0.1, -0.05) is 70.6 Å². The topological polar surface area (TPSA) is 38.8 Å². The first-order chi connectivity index (χ1) is 14.7. The van der Waals surface area contributed by atoms with Crippen molar-refractivity contribution in [2.45, 2.75) is 71.4 Å². The number of para-hydroxylation sites is 1. The fraction of sp³-hybridized carbons (Fsp3) is 0.500. The zero-order valence-electron chi connectivity index (χ0n) is 18.4. The van der Waals surface area contributed by atoms with Crippen LogP contribution in [0.15, 0.2) is 54.6 Å². The quantitative estimate of drug-likeness (QED) is 0.265. The summed E-state index contributed by atoms with van der Waals surface area (Å²) in [6.45, 7) is 5.32. The molecule has 0 spiro atoms. The number of nitrogens with zero attached hydrogens (tertiary/aromatic N) is 1. The number of esters is 1. The van der Waals surface area contributed by atoms with Crippen molar-refractivity contribution in [2.75, 3.05) is 11.4 Å². The van der Waals surface area contributed by atoms with Gasteiger partial charge in [0, 0.05) is 12.2 Å². The molecule has 0 bridgehead atoms. The zero-order valence-corrected chi connectivity index (χ0v) is 18.4. The van der Waals surface area contributed by atoms with Crippen LogP contribution >= 0.6 is 0 Å². The van der Waals surface area contributed by atoms with Crippen molar-refractivity contribution in [2.24, 2.45) is 5.92 Å². The van der Waals surface area contributed by atoms with Gasteiger partial charge in [-0.25, -0.2) is 0 Å². The van der Waals surface area contributed by atoms with Crippen molar-refractivity contribution >= 4 is 11.7 Å². The van der Waals surface area contributed by atoms with E-state index in [9.17, 15) is 4.79 Å². The summed E-state index contributed by atoms with van der Waals surface area (Å²) >= 11 is 0. The van der Waals surface area contributed by atoms with Gasteiger partial charge < -0.3 is 14.4 Å². The molecule has 1 heterocycles. The number of hydrogen-bond donors (Lipinski definition) is 0. The molecule has 0 radical (unpaired) electrons. The molecular weight excluding hydrogens is 374 g/mol. The fourth-order valence-corrected chi connectivity index (χ4v) is 3.93. The van der Waals surface area contributed by atoms with Crippen LogP contribution in [0.2, 0.25) is 0 Å². The number of carbonyl (C=O) groups excluding carboxylic acids is 1. The van der Waals surface area contributed by atoms with E-state index in [0.29, 0.717) is 0 Å². The Morgan fingerprint density at radius 1 is 0.833 bits per heavy atom. The third-order valence-electron chi connectivity index (χ3n) is 5.71. The van der Waals surface area contributed by atoms with Crippen molar-refractivity contribution in [3.05, 3.63) is 54.6 Å². The van der Waals surface area contributed by atoms with Crippen LogP contribution in [0.5, 0.6) is 11.5 Å². The summed E-state index contributed by atoms with van der Waals surface area (Å²) in [6.07, 6.45) is 8.94. The molecule has 3 rings (SSSR count). The largest absolute Gasteiger partial charge is 0.457 e. The highest BCUT2D eigenvalue weighted by Crippen LogP contribution is 2.35. The Balaban J connectivity index is 1.67. The van der Waals surface area contributed by atoms with Crippen LogP contribution in [0.1, 0.15) is 65.2 Å². The molecule has 0 saturated carbocycles. The summed E-state index contributed by atoms with van der Waals surface area (Å²) in [5.41, 5.74) is 1.09. The van der Waals surface area contributed by atoms with Crippen LogP contribution in [0, 0.1) is 5.92 Å². The van der Waals surface area contributed by atoms with Gasteiger partial charge in [0.1, 0.15) is 17.4 Å². The maximum atomic E-state index is 12.2. The molecule has 2 aromatic carbocycles. The maximum absolute atomic E-state index is 12.2. The third kappa shape index (κ3) is 6.01. The molecule has 4 nitrogen and oxygen atoms in total. The summed E-state index contributed by atoms with van der Waals surface area (Å²) in [7, 11) is 0. The highest BCUT2D eigenvalue weighted by atomic mass is 16.6. The molecule has 2 atom stereocenters. The number of carbonyl (C=O) groups is 1. The lowest BCUT2D eigenvalue weighted by Crippen LogP contribution is -2.56. The molecule has 4 heteroatoms. The number of benzene rings is 2. The SMILES string of the molecule is CCCCCC[C@@H]1C(=O)O[C@H]1N(CCCCC)c1ccc(Oc2ccccc2)cc1. The van der Waals surface area contributed by atoms with Gasteiger partial charge >= 0.3 is 5.97 Å². The first-order valence-electron chi connectivity index (χ1n) is 11.5. The molecular formula is C26H35NO3. The molecule has 2 aromatic rings. The Bertz CT molecular complexity index is 760. The van der Waals surface area contributed by atoms with E-state index in [2.05, 4.69) is 30.9 Å². The van der Waals surface area contributed by atoms with E-state index in [-0.39, 0.29) is 18.1 Å². The Hall–Kier alpha value is -2.49. The molecule has 162 valence electrons. The first kappa shape index (κ1) is 22.2. The molecule has 0 amide bonds. The second kappa shape index (κ2) is 11.6. The number of anilines is 1. The van der Waals surface area contributed by atoms with Crippen molar-refractivity contribution in [3.63, 3.8) is 0 Å². The van der Waals surface area contributed by atoms with Gasteiger partial charge in [0.2, 0.25) is 0 Å². The summed E-state index contributed by atoms with van der Waals surface area (Å²) in [4.78, 5) is 14.4. The number of rotatable bonds is 13. The third-order valence-corrected chi connectivity index (χ3v) is 5.71. The Morgan fingerprint density at radius 3 is 2.17 bits per heavy atom. The maximum Gasteiger partial charge on any atom is 0.316 e. The van der Waals surface area contributed by atoms with E-state index in [0.717, 1.165) is 43.0 Å². The van der Waals surface area contributed by atoms with Crippen LogP contribution in [0.4, 0.5) is 5.69 Å². The van der Waals surface area contributed by atoms with Crippen LogP contribution < -0.4 is 9.64 Å². The van der Waals surface area contributed by atoms with E-state index in [1.165, 1.54) is 32.1 Å². The van der Waals surface area contributed by atoms with Gasteiger partial charge in [0.25, 0.3) is 0 Å². The number of ether oxygens (including phenoxy) is 2. The monoisotopic (exact) mass is 409 g/mol. The molecule has 1 fully saturated rings. The van der Waals surface area contributed by atoms with Crippen LogP contribution in [-0.2, 0) is 9.53 Å². The van der Waals surface area contributed by atoms with E-state index in [1.807, 2.05) is 42.5 Å². The van der Waals surface area contributed by atoms with Crippen LogP contribution in [0.3, 0.4) is 0 Å². The van der Waals surface area contributed by atoms with Crippen LogP contribution in [-0.4, -0.2) is 18.7 Å². The summed E-state index contributed by atoms with van der Waals surface area (Å²) in [6, 6.07) is 17.9. The Labute approximate surface area is 181 Å². The van der Waals surface area contributed by atoms with E-state index < -0.39 is 0 Å². The summed E-state index contributed by atoms with van der Waals surface area (Å²) in [5, 5.41) is 0. The number of cyclic esters (lactones) is 1. The first-order valence-corrected chi connectivity index (χ1v) is 11.5. The number of hydrogen-bond acceptors (Lipinski definition) is 4. The summed E-state index contributed by atoms with van der Waals surface area (Å²) in [5.74, 6) is 1.58. The van der Waals surface area contributed by atoms with Gasteiger partial charge in [-0.15, -0.1) is 0 Å². The zero-order chi connectivity index (χ0) is 21.2.